The first-order chi connectivity index (χ1) is 10.3. The number of rotatable bonds is 3. The zero-order valence-corrected chi connectivity index (χ0v) is 12.1. The molecule has 1 aliphatic rings. The highest BCUT2D eigenvalue weighted by atomic mass is 32.1. The van der Waals surface area contributed by atoms with E-state index in [0.29, 0.717) is 19.0 Å². The van der Waals surface area contributed by atoms with Gasteiger partial charge < -0.3 is 14.8 Å². The van der Waals surface area contributed by atoms with Crippen LogP contribution in [-0.4, -0.2) is 33.5 Å². The maximum Gasteiger partial charge on any atom is 0.234 e. The normalized spacial score (nSPS) is 17.3. The van der Waals surface area contributed by atoms with E-state index in [0.717, 1.165) is 21.4 Å². The molecule has 0 fully saturated rings. The quantitative estimate of drug-likeness (QED) is 0.796. The van der Waals surface area contributed by atoms with E-state index in [1.807, 2.05) is 24.3 Å². The van der Waals surface area contributed by atoms with E-state index in [2.05, 4.69) is 20.6 Å². The van der Waals surface area contributed by atoms with Crippen molar-refractivity contribution >= 4 is 22.0 Å². The van der Waals surface area contributed by atoms with Crippen molar-refractivity contribution in [3.05, 3.63) is 35.1 Å². The molecule has 0 amide bonds. The molecule has 3 aromatic rings. The predicted molar refractivity (Wildman–Crippen MR) is 77.7 cm³/mol. The summed E-state index contributed by atoms with van der Waals surface area (Å²) in [7, 11) is 1.62. The van der Waals surface area contributed by atoms with E-state index in [1.165, 1.54) is 11.3 Å². The Labute approximate surface area is 124 Å². The van der Waals surface area contributed by atoms with Crippen LogP contribution < -0.4 is 10.1 Å². The number of anilines is 1. The average molecular weight is 303 g/mol. The summed E-state index contributed by atoms with van der Waals surface area (Å²) in [6.07, 6.45) is -0.123. The lowest BCUT2D eigenvalue weighted by Gasteiger charge is -2.25. The SMILES string of the molecule is COCc1nnc2sc(C3CNc4ccccc4O3)nn12. The Kier molecular flexibility index (Phi) is 2.97. The fourth-order valence-corrected chi connectivity index (χ4v) is 3.16. The van der Waals surface area contributed by atoms with Gasteiger partial charge in [-0.05, 0) is 12.1 Å². The Hall–Kier alpha value is -2.19. The molecule has 1 unspecified atom stereocenters. The maximum absolute atomic E-state index is 6.01. The molecule has 0 radical (unpaired) electrons. The van der Waals surface area contributed by atoms with Gasteiger partial charge >= 0.3 is 0 Å². The van der Waals surface area contributed by atoms with Crippen LogP contribution in [0, 0.1) is 0 Å². The molecule has 8 heteroatoms. The topological polar surface area (TPSA) is 73.6 Å². The Morgan fingerprint density at radius 1 is 1.43 bits per heavy atom. The molecule has 3 heterocycles. The highest BCUT2D eigenvalue weighted by molar-refractivity contribution is 7.16. The molecular formula is C13H13N5O2S. The maximum atomic E-state index is 6.01. The number of nitrogens with one attached hydrogen (secondary N) is 1. The van der Waals surface area contributed by atoms with Gasteiger partial charge in [0.1, 0.15) is 12.4 Å². The molecule has 7 nitrogen and oxygen atoms in total. The van der Waals surface area contributed by atoms with Crippen LogP contribution in [0.2, 0.25) is 0 Å². The number of hydrogen-bond acceptors (Lipinski definition) is 7. The third-order valence-corrected chi connectivity index (χ3v) is 4.24. The van der Waals surface area contributed by atoms with E-state index < -0.39 is 0 Å². The molecule has 21 heavy (non-hydrogen) atoms. The van der Waals surface area contributed by atoms with Gasteiger partial charge in [-0.1, -0.05) is 23.5 Å². The number of para-hydroxylation sites is 2. The van der Waals surface area contributed by atoms with Gasteiger partial charge in [0.25, 0.3) is 0 Å². The van der Waals surface area contributed by atoms with Crippen LogP contribution in [0.1, 0.15) is 16.9 Å². The van der Waals surface area contributed by atoms with E-state index in [-0.39, 0.29) is 6.10 Å². The fraction of sp³-hybridized carbons (Fsp3) is 0.308. The molecule has 0 saturated heterocycles. The summed E-state index contributed by atoms with van der Waals surface area (Å²) in [5.74, 6) is 1.54. The summed E-state index contributed by atoms with van der Waals surface area (Å²) >= 11 is 1.48. The van der Waals surface area contributed by atoms with Gasteiger partial charge in [0.2, 0.25) is 4.96 Å². The molecule has 1 N–H and O–H groups in total. The molecule has 0 bridgehead atoms. The summed E-state index contributed by atoms with van der Waals surface area (Å²) in [5, 5.41) is 16.9. The second kappa shape index (κ2) is 4.97. The second-order valence-corrected chi connectivity index (χ2v) is 5.66. The van der Waals surface area contributed by atoms with E-state index in [1.54, 1.807) is 11.6 Å². The zero-order valence-electron chi connectivity index (χ0n) is 11.3. The first-order valence-corrected chi connectivity index (χ1v) is 7.36. The molecule has 0 aliphatic carbocycles. The number of ether oxygens (including phenoxy) is 2. The summed E-state index contributed by atoms with van der Waals surface area (Å²) in [6, 6.07) is 7.89. The number of aromatic nitrogens is 4. The average Bonchev–Trinajstić information content (AvgIpc) is 3.09. The highest BCUT2D eigenvalue weighted by Gasteiger charge is 2.25. The minimum atomic E-state index is -0.123. The molecule has 1 aliphatic heterocycles. The van der Waals surface area contributed by atoms with Crippen molar-refractivity contribution in [3.8, 4) is 5.75 Å². The Bertz CT molecular complexity index is 784. The van der Waals surface area contributed by atoms with Crippen molar-refractivity contribution in [2.75, 3.05) is 19.0 Å². The second-order valence-electron chi connectivity index (χ2n) is 4.67. The van der Waals surface area contributed by atoms with Gasteiger partial charge in [-0.3, -0.25) is 0 Å². The standard InChI is InChI=1S/C13H13N5O2S/c1-19-7-11-15-16-13-18(11)17-12(21-13)10-6-14-8-4-2-3-5-9(8)20-10/h2-5,10,14H,6-7H2,1H3. The third kappa shape index (κ3) is 2.12. The smallest absolute Gasteiger partial charge is 0.234 e. The number of nitrogens with zero attached hydrogens (tertiary/aromatic N) is 4. The molecular weight excluding hydrogens is 290 g/mol. The summed E-state index contributed by atoms with van der Waals surface area (Å²) in [4.78, 5) is 0.750. The predicted octanol–water partition coefficient (Wildman–Crippen LogP) is 1.88. The van der Waals surface area contributed by atoms with Crippen molar-refractivity contribution in [2.45, 2.75) is 12.7 Å². The van der Waals surface area contributed by atoms with Crippen molar-refractivity contribution in [1.82, 2.24) is 19.8 Å². The van der Waals surface area contributed by atoms with Crippen molar-refractivity contribution < 1.29 is 9.47 Å². The van der Waals surface area contributed by atoms with Gasteiger partial charge in [0.15, 0.2) is 16.9 Å². The summed E-state index contributed by atoms with van der Waals surface area (Å²) in [6.45, 7) is 1.07. The highest BCUT2D eigenvalue weighted by Crippen LogP contribution is 2.34. The van der Waals surface area contributed by atoms with Crippen LogP contribution in [0.25, 0.3) is 4.96 Å². The van der Waals surface area contributed by atoms with Crippen LogP contribution in [0.4, 0.5) is 5.69 Å². The number of benzene rings is 1. The lowest BCUT2D eigenvalue weighted by molar-refractivity contribution is 0.175. The summed E-state index contributed by atoms with van der Waals surface area (Å²) in [5.41, 5.74) is 1.01. The van der Waals surface area contributed by atoms with Crippen molar-refractivity contribution in [3.63, 3.8) is 0 Å². The zero-order chi connectivity index (χ0) is 14.2. The molecule has 1 aromatic carbocycles. The van der Waals surface area contributed by atoms with Gasteiger partial charge in [0, 0.05) is 7.11 Å². The van der Waals surface area contributed by atoms with Gasteiger partial charge in [-0.25, -0.2) is 0 Å². The van der Waals surface area contributed by atoms with Crippen LogP contribution in [-0.2, 0) is 11.3 Å². The Balaban J connectivity index is 1.65. The van der Waals surface area contributed by atoms with E-state index >= 15 is 0 Å². The largest absolute Gasteiger partial charge is 0.479 e. The number of hydrogen-bond donors (Lipinski definition) is 1. The lowest BCUT2D eigenvalue weighted by Crippen LogP contribution is -2.23. The lowest BCUT2D eigenvalue weighted by atomic mass is 10.2. The van der Waals surface area contributed by atoms with Crippen LogP contribution >= 0.6 is 11.3 Å². The van der Waals surface area contributed by atoms with Gasteiger partial charge in [0.05, 0.1) is 12.2 Å². The van der Waals surface area contributed by atoms with Crippen LogP contribution in [0.15, 0.2) is 24.3 Å². The molecule has 4 rings (SSSR count). The van der Waals surface area contributed by atoms with Crippen molar-refractivity contribution in [2.24, 2.45) is 0 Å². The van der Waals surface area contributed by atoms with Crippen LogP contribution in [0.5, 0.6) is 5.75 Å². The fourth-order valence-electron chi connectivity index (χ4n) is 2.27. The third-order valence-electron chi connectivity index (χ3n) is 3.25. The molecule has 0 spiro atoms. The van der Waals surface area contributed by atoms with Crippen molar-refractivity contribution in [1.29, 1.82) is 0 Å². The number of fused-ring (bicyclic) bond motifs is 2. The molecule has 2 aromatic heterocycles. The monoisotopic (exact) mass is 303 g/mol. The van der Waals surface area contributed by atoms with Gasteiger partial charge in [-0.2, -0.15) is 9.61 Å². The minimum Gasteiger partial charge on any atom is -0.479 e. The van der Waals surface area contributed by atoms with E-state index in [9.17, 15) is 0 Å². The molecule has 1 atom stereocenters. The van der Waals surface area contributed by atoms with E-state index in [4.69, 9.17) is 9.47 Å². The first-order valence-electron chi connectivity index (χ1n) is 6.54. The number of methoxy groups -OCH3 is 1. The minimum absolute atomic E-state index is 0.123. The molecule has 0 saturated carbocycles. The first kappa shape index (κ1) is 12.5. The Morgan fingerprint density at radius 3 is 3.24 bits per heavy atom. The molecule has 108 valence electrons. The Morgan fingerprint density at radius 2 is 2.33 bits per heavy atom. The van der Waals surface area contributed by atoms with Gasteiger partial charge in [-0.15, -0.1) is 10.2 Å². The van der Waals surface area contributed by atoms with Crippen LogP contribution in [0.3, 0.4) is 0 Å². The summed E-state index contributed by atoms with van der Waals surface area (Å²) < 4.78 is 12.8.